The van der Waals surface area contributed by atoms with E-state index in [2.05, 4.69) is 42.7 Å². The van der Waals surface area contributed by atoms with Crippen LogP contribution in [0.1, 0.15) is 56.8 Å². The molecule has 0 aromatic carbocycles. The third-order valence-electron chi connectivity index (χ3n) is 5.10. The molecule has 3 heterocycles. The lowest BCUT2D eigenvalue weighted by Gasteiger charge is -2.33. The lowest BCUT2D eigenvalue weighted by Crippen LogP contribution is -2.47. The predicted octanol–water partition coefficient (Wildman–Crippen LogP) is 2.34. The molecule has 2 atom stereocenters. The molecule has 0 bridgehead atoms. The van der Waals surface area contributed by atoms with E-state index in [9.17, 15) is 4.79 Å². The Hall–Kier alpha value is -1.36. The Labute approximate surface area is 133 Å². The summed E-state index contributed by atoms with van der Waals surface area (Å²) < 4.78 is 1.88. The fourth-order valence-corrected chi connectivity index (χ4v) is 3.83. The standard InChI is InChI=1S/C17H28N4O/c1-17(2,3)21-12-13(11-18-21)16(22)20-10-6-8-15(20)14-7-5-9-19(14)4/h11-12,14-15H,5-10H2,1-4H3/t14-,15+/m0/s1. The molecule has 0 radical (unpaired) electrons. The van der Waals surface area contributed by atoms with Crippen molar-refractivity contribution in [2.75, 3.05) is 20.1 Å². The van der Waals surface area contributed by atoms with E-state index in [4.69, 9.17) is 0 Å². The van der Waals surface area contributed by atoms with Crippen LogP contribution in [0.4, 0.5) is 0 Å². The first-order valence-electron chi connectivity index (χ1n) is 8.44. The summed E-state index contributed by atoms with van der Waals surface area (Å²) in [4.78, 5) is 17.4. The van der Waals surface area contributed by atoms with Crippen LogP contribution in [0.25, 0.3) is 0 Å². The summed E-state index contributed by atoms with van der Waals surface area (Å²) in [5.74, 6) is 0.151. The Morgan fingerprint density at radius 3 is 2.45 bits per heavy atom. The number of hydrogen-bond donors (Lipinski definition) is 0. The van der Waals surface area contributed by atoms with E-state index < -0.39 is 0 Å². The normalized spacial score (nSPS) is 26.8. The maximum absolute atomic E-state index is 12.9. The summed E-state index contributed by atoms with van der Waals surface area (Å²) in [6.07, 6.45) is 8.34. The number of rotatable bonds is 2. The van der Waals surface area contributed by atoms with Crippen LogP contribution < -0.4 is 0 Å². The molecule has 0 aliphatic carbocycles. The van der Waals surface area contributed by atoms with Gasteiger partial charge in [-0.25, -0.2) is 0 Å². The van der Waals surface area contributed by atoms with Crippen molar-refractivity contribution in [3.8, 4) is 0 Å². The number of carbonyl (C=O) groups excluding carboxylic acids is 1. The van der Waals surface area contributed by atoms with Crippen molar-refractivity contribution >= 4 is 5.91 Å². The Morgan fingerprint density at radius 2 is 1.86 bits per heavy atom. The first-order chi connectivity index (χ1) is 10.4. The van der Waals surface area contributed by atoms with E-state index in [0.29, 0.717) is 12.1 Å². The highest BCUT2D eigenvalue weighted by Gasteiger charge is 2.39. The van der Waals surface area contributed by atoms with Gasteiger partial charge in [0.25, 0.3) is 5.91 Å². The maximum atomic E-state index is 12.9. The van der Waals surface area contributed by atoms with Crippen LogP contribution in [0.2, 0.25) is 0 Å². The van der Waals surface area contributed by atoms with Crippen molar-refractivity contribution in [3.05, 3.63) is 18.0 Å². The van der Waals surface area contributed by atoms with Crippen molar-refractivity contribution in [2.24, 2.45) is 0 Å². The predicted molar refractivity (Wildman–Crippen MR) is 86.9 cm³/mol. The number of aromatic nitrogens is 2. The van der Waals surface area contributed by atoms with Crippen LogP contribution in [-0.4, -0.2) is 57.7 Å². The van der Waals surface area contributed by atoms with Crippen LogP contribution in [0.5, 0.6) is 0 Å². The molecule has 0 N–H and O–H groups in total. The van der Waals surface area contributed by atoms with Gasteiger partial charge in [-0.15, -0.1) is 0 Å². The summed E-state index contributed by atoms with van der Waals surface area (Å²) in [6.45, 7) is 8.33. The van der Waals surface area contributed by atoms with Crippen molar-refractivity contribution in [2.45, 2.75) is 64.1 Å². The van der Waals surface area contributed by atoms with Gasteiger partial charge in [-0.3, -0.25) is 9.48 Å². The summed E-state index contributed by atoms with van der Waals surface area (Å²) in [5, 5.41) is 4.38. The zero-order chi connectivity index (χ0) is 15.9. The van der Waals surface area contributed by atoms with Gasteiger partial charge in [-0.1, -0.05) is 0 Å². The third-order valence-corrected chi connectivity index (χ3v) is 5.10. The monoisotopic (exact) mass is 304 g/mol. The lowest BCUT2D eigenvalue weighted by atomic mass is 10.0. The number of carbonyl (C=O) groups is 1. The molecule has 2 aliphatic rings. The van der Waals surface area contributed by atoms with E-state index in [1.54, 1.807) is 6.20 Å². The summed E-state index contributed by atoms with van der Waals surface area (Å²) in [5.41, 5.74) is 0.636. The highest BCUT2D eigenvalue weighted by atomic mass is 16.2. The average molecular weight is 304 g/mol. The van der Waals surface area contributed by atoms with Crippen molar-refractivity contribution < 1.29 is 4.79 Å². The second kappa shape index (κ2) is 5.69. The van der Waals surface area contributed by atoms with Gasteiger partial charge in [0.2, 0.25) is 0 Å². The van der Waals surface area contributed by atoms with E-state index in [1.165, 1.54) is 12.8 Å². The molecule has 3 rings (SSSR count). The SMILES string of the molecule is CN1CCC[C@H]1[C@H]1CCCN1C(=O)c1cnn(C(C)(C)C)c1. The highest BCUT2D eigenvalue weighted by Crippen LogP contribution is 2.30. The van der Waals surface area contributed by atoms with Crippen molar-refractivity contribution in [1.29, 1.82) is 0 Å². The Morgan fingerprint density at radius 1 is 1.18 bits per heavy atom. The molecule has 1 aromatic rings. The molecule has 122 valence electrons. The molecule has 5 nitrogen and oxygen atoms in total. The van der Waals surface area contributed by atoms with E-state index >= 15 is 0 Å². The zero-order valence-electron chi connectivity index (χ0n) is 14.2. The minimum absolute atomic E-state index is 0.0887. The van der Waals surface area contributed by atoms with Gasteiger partial charge < -0.3 is 9.80 Å². The number of nitrogens with zero attached hydrogens (tertiary/aromatic N) is 4. The molecular formula is C17H28N4O. The zero-order valence-corrected chi connectivity index (χ0v) is 14.2. The Kier molecular flexibility index (Phi) is 4.02. The molecule has 2 saturated heterocycles. The molecule has 1 amide bonds. The van der Waals surface area contributed by atoms with Crippen LogP contribution in [0, 0.1) is 0 Å². The van der Waals surface area contributed by atoms with Gasteiger partial charge in [0.05, 0.1) is 17.3 Å². The second-order valence-electron chi connectivity index (χ2n) is 7.74. The first kappa shape index (κ1) is 15.5. The number of amides is 1. The number of likely N-dealkylation sites (N-methyl/N-ethyl adjacent to an activating group) is 1. The minimum atomic E-state index is -0.0887. The van der Waals surface area contributed by atoms with Crippen molar-refractivity contribution in [3.63, 3.8) is 0 Å². The molecule has 0 saturated carbocycles. The van der Waals surface area contributed by atoms with E-state index in [1.807, 2.05) is 10.9 Å². The summed E-state index contributed by atoms with van der Waals surface area (Å²) in [7, 11) is 2.19. The minimum Gasteiger partial charge on any atom is -0.334 e. The van der Waals surface area contributed by atoms with Gasteiger partial charge in [-0.05, 0) is 60.0 Å². The van der Waals surface area contributed by atoms with Gasteiger partial charge in [0.1, 0.15) is 0 Å². The molecule has 1 aromatic heterocycles. The fourth-order valence-electron chi connectivity index (χ4n) is 3.83. The molecule has 22 heavy (non-hydrogen) atoms. The van der Waals surface area contributed by atoms with Crippen LogP contribution in [0.15, 0.2) is 12.4 Å². The quantitative estimate of drug-likeness (QED) is 0.842. The average Bonchev–Trinajstić information content (AvgIpc) is 3.16. The van der Waals surface area contributed by atoms with Gasteiger partial charge in [0, 0.05) is 24.8 Å². The lowest BCUT2D eigenvalue weighted by molar-refractivity contribution is 0.0664. The van der Waals surface area contributed by atoms with E-state index in [-0.39, 0.29) is 11.4 Å². The molecule has 2 fully saturated rings. The maximum Gasteiger partial charge on any atom is 0.257 e. The second-order valence-corrected chi connectivity index (χ2v) is 7.74. The molecular weight excluding hydrogens is 276 g/mol. The molecule has 5 heteroatoms. The van der Waals surface area contributed by atoms with Crippen LogP contribution in [0.3, 0.4) is 0 Å². The molecule has 0 unspecified atom stereocenters. The Bertz CT molecular complexity index is 545. The summed E-state index contributed by atoms with van der Waals surface area (Å²) in [6, 6.07) is 0.905. The number of likely N-dealkylation sites (tertiary alicyclic amines) is 2. The first-order valence-corrected chi connectivity index (χ1v) is 8.44. The molecule has 2 aliphatic heterocycles. The van der Waals surface area contributed by atoms with Crippen LogP contribution >= 0.6 is 0 Å². The van der Waals surface area contributed by atoms with Gasteiger partial charge in [-0.2, -0.15) is 5.10 Å². The van der Waals surface area contributed by atoms with E-state index in [0.717, 1.165) is 31.5 Å². The molecule has 0 spiro atoms. The topological polar surface area (TPSA) is 41.4 Å². The van der Waals surface area contributed by atoms with Gasteiger partial charge in [0.15, 0.2) is 0 Å². The largest absolute Gasteiger partial charge is 0.334 e. The van der Waals surface area contributed by atoms with Crippen molar-refractivity contribution in [1.82, 2.24) is 19.6 Å². The third kappa shape index (κ3) is 2.78. The van der Waals surface area contributed by atoms with Crippen LogP contribution in [-0.2, 0) is 5.54 Å². The van der Waals surface area contributed by atoms with Gasteiger partial charge >= 0.3 is 0 Å². The fraction of sp³-hybridized carbons (Fsp3) is 0.765. The smallest absolute Gasteiger partial charge is 0.257 e. The number of hydrogen-bond acceptors (Lipinski definition) is 3. The Balaban J connectivity index is 1.77. The highest BCUT2D eigenvalue weighted by molar-refractivity contribution is 5.94. The summed E-state index contributed by atoms with van der Waals surface area (Å²) >= 11 is 0.